The van der Waals surface area contributed by atoms with E-state index in [0.29, 0.717) is 26.3 Å². The maximum Gasteiger partial charge on any atom is 0.308 e. The van der Waals surface area contributed by atoms with Crippen LogP contribution in [0.4, 0.5) is 0 Å². The molecule has 0 aromatic carbocycles. The van der Waals surface area contributed by atoms with Crippen LogP contribution in [0.2, 0.25) is 5.02 Å². The molecule has 0 saturated carbocycles. The quantitative estimate of drug-likeness (QED) is 0.848. The number of ether oxygens (including phenoxy) is 1. The summed E-state index contributed by atoms with van der Waals surface area (Å²) in [5.41, 5.74) is 1.03. The van der Waals surface area contributed by atoms with Crippen molar-refractivity contribution in [1.82, 2.24) is 5.32 Å². The zero-order valence-electron chi connectivity index (χ0n) is 10.6. The smallest absolute Gasteiger partial charge is 0.308 e. The van der Waals surface area contributed by atoms with Gasteiger partial charge in [0, 0.05) is 31.7 Å². The van der Waals surface area contributed by atoms with Gasteiger partial charge in [0.05, 0.1) is 10.9 Å². The van der Waals surface area contributed by atoms with Gasteiger partial charge in [-0.25, -0.2) is 0 Å². The fourth-order valence-electron chi connectivity index (χ4n) is 2.37. The molecule has 1 aromatic heterocycles. The minimum Gasteiger partial charge on any atom is -0.481 e. The number of hydrogen-bond acceptors (Lipinski definition) is 4. The fourth-order valence-corrected chi connectivity index (χ4v) is 3.42. The van der Waals surface area contributed by atoms with Crippen LogP contribution < -0.4 is 5.32 Å². The highest BCUT2D eigenvalue weighted by Gasteiger charge is 2.29. The Kier molecular flexibility index (Phi) is 5.63. The molecule has 6 heteroatoms. The van der Waals surface area contributed by atoms with E-state index >= 15 is 0 Å². The van der Waals surface area contributed by atoms with Gasteiger partial charge in [-0.15, -0.1) is 0 Å². The third kappa shape index (κ3) is 4.18. The number of aliphatic carboxylic acids is 1. The van der Waals surface area contributed by atoms with E-state index in [0.717, 1.165) is 23.4 Å². The molecular weight excluding hydrogens is 286 g/mol. The Morgan fingerprint density at radius 3 is 2.84 bits per heavy atom. The minimum atomic E-state index is -0.726. The molecular formula is C13H18ClNO3S. The summed E-state index contributed by atoms with van der Waals surface area (Å²) in [5.74, 6) is -0.867. The number of hydrogen-bond donors (Lipinski definition) is 2. The van der Waals surface area contributed by atoms with E-state index in [1.165, 1.54) is 0 Å². The average Bonchev–Trinajstić information content (AvgIpc) is 2.81. The molecule has 1 aliphatic heterocycles. The summed E-state index contributed by atoms with van der Waals surface area (Å²) in [7, 11) is 0. The second-order valence-corrected chi connectivity index (χ2v) is 5.92. The Labute approximate surface area is 121 Å². The zero-order chi connectivity index (χ0) is 13.7. The lowest BCUT2D eigenvalue weighted by Crippen LogP contribution is -2.36. The Morgan fingerprint density at radius 2 is 2.26 bits per heavy atom. The maximum absolute atomic E-state index is 11.4. The predicted molar refractivity (Wildman–Crippen MR) is 75.7 cm³/mol. The summed E-state index contributed by atoms with van der Waals surface area (Å²) in [6.07, 6.45) is 1.66. The lowest BCUT2D eigenvalue weighted by atomic mass is 9.86. The number of carbonyl (C=O) groups is 1. The standard InChI is InChI=1S/C13H18ClNO3S/c14-12-8-19-7-10(12)5-15-6-11(13(16)17)9-1-3-18-4-2-9/h7-9,11,15H,1-6H2,(H,16,17). The van der Waals surface area contributed by atoms with Crippen LogP contribution in [0.25, 0.3) is 0 Å². The third-order valence-electron chi connectivity index (χ3n) is 3.52. The summed E-state index contributed by atoms with van der Waals surface area (Å²) in [6.45, 7) is 2.44. The van der Waals surface area contributed by atoms with Gasteiger partial charge in [0.15, 0.2) is 0 Å². The van der Waals surface area contributed by atoms with Crippen LogP contribution in [0.3, 0.4) is 0 Å². The van der Waals surface area contributed by atoms with E-state index in [4.69, 9.17) is 16.3 Å². The van der Waals surface area contributed by atoms with Gasteiger partial charge < -0.3 is 15.2 Å². The molecule has 0 radical (unpaired) electrons. The van der Waals surface area contributed by atoms with Crippen molar-refractivity contribution in [2.75, 3.05) is 19.8 Å². The molecule has 1 unspecified atom stereocenters. The molecule has 0 amide bonds. The highest BCUT2D eigenvalue weighted by Crippen LogP contribution is 2.24. The molecule has 0 bridgehead atoms. The zero-order valence-corrected chi connectivity index (χ0v) is 12.2. The molecule has 4 nitrogen and oxygen atoms in total. The number of nitrogens with one attached hydrogen (secondary N) is 1. The van der Waals surface area contributed by atoms with Gasteiger partial charge in [-0.3, -0.25) is 4.79 Å². The lowest BCUT2D eigenvalue weighted by Gasteiger charge is -2.27. The minimum absolute atomic E-state index is 0.205. The van der Waals surface area contributed by atoms with Gasteiger partial charge in [-0.1, -0.05) is 11.6 Å². The first kappa shape index (κ1) is 14.8. The van der Waals surface area contributed by atoms with E-state index in [-0.39, 0.29) is 11.8 Å². The fraction of sp³-hybridized carbons (Fsp3) is 0.615. The first-order chi connectivity index (χ1) is 9.18. The first-order valence-corrected chi connectivity index (χ1v) is 7.72. The molecule has 1 fully saturated rings. The monoisotopic (exact) mass is 303 g/mol. The lowest BCUT2D eigenvalue weighted by molar-refractivity contribution is -0.144. The summed E-state index contributed by atoms with van der Waals surface area (Å²) < 4.78 is 5.28. The number of thiophene rings is 1. The molecule has 0 spiro atoms. The van der Waals surface area contributed by atoms with Crippen LogP contribution >= 0.6 is 22.9 Å². The Morgan fingerprint density at radius 1 is 1.53 bits per heavy atom. The SMILES string of the molecule is O=C(O)C(CNCc1cscc1Cl)C1CCOCC1. The van der Waals surface area contributed by atoms with E-state index in [1.807, 2.05) is 10.8 Å². The van der Waals surface area contributed by atoms with Crippen molar-refractivity contribution in [3.8, 4) is 0 Å². The molecule has 1 saturated heterocycles. The number of carboxylic acids is 1. The second kappa shape index (κ2) is 7.24. The predicted octanol–water partition coefficient (Wildman–Crippen LogP) is 2.62. The summed E-state index contributed by atoms with van der Waals surface area (Å²) in [4.78, 5) is 11.4. The molecule has 1 atom stereocenters. The largest absolute Gasteiger partial charge is 0.481 e. The molecule has 106 valence electrons. The molecule has 19 heavy (non-hydrogen) atoms. The number of carboxylic acid groups (broad SMARTS) is 1. The number of rotatable bonds is 6. The van der Waals surface area contributed by atoms with E-state index < -0.39 is 5.97 Å². The topological polar surface area (TPSA) is 58.6 Å². The van der Waals surface area contributed by atoms with Crippen molar-refractivity contribution >= 4 is 28.9 Å². The van der Waals surface area contributed by atoms with Crippen molar-refractivity contribution < 1.29 is 14.6 Å². The Hall–Kier alpha value is -0.620. The van der Waals surface area contributed by atoms with Gasteiger partial charge in [-0.05, 0) is 29.7 Å². The molecule has 1 aromatic rings. The van der Waals surface area contributed by atoms with Crippen molar-refractivity contribution in [3.05, 3.63) is 21.3 Å². The first-order valence-electron chi connectivity index (χ1n) is 6.40. The second-order valence-electron chi connectivity index (χ2n) is 4.77. The van der Waals surface area contributed by atoms with Gasteiger partial charge in [0.2, 0.25) is 0 Å². The Balaban J connectivity index is 1.83. The van der Waals surface area contributed by atoms with E-state index in [9.17, 15) is 9.90 Å². The molecule has 1 aliphatic rings. The van der Waals surface area contributed by atoms with Crippen molar-refractivity contribution in [3.63, 3.8) is 0 Å². The third-order valence-corrected chi connectivity index (χ3v) is 4.79. The maximum atomic E-state index is 11.4. The van der Waals surface area contributed by atoms with Crippen molar-refractivity contribution in [2.45, 2.75) is 19.4 Å². The van der Waals surface area contributed by atoms with Gasteiger partial charge in [-0.2, -0.15) is 11.3 Å². The van der Waals surface area contributed by atoms with Gasteiger partial charge >= 0.3 is 5.97 Å². The molecule has 0 aliphatic carbocycles. The summed E-state index contributed by atoms with van der Waals surface area (Å²) in [5, 5.41) is 17.2. The van der Waals surface area contributed by atoms with Crippen LogP contribution in [0.15, 0.2) is 10.8 Å². The summed E-state index contributed by atoms with van der Waals surface area (Å²) in [6, 6.07) is 0. The molecule has 2 N–H and O–H groups in total. The van der Waals surface area contributed by atoms with Crippen LogP contribution in [-0.2, 0) is 16.1 Å². The van der Waals surface area contributed by atoms with Gasteiger partial charge in [0.25, 0.3) is 0 Å². The van der Waals surface area contributed by atoms with Crippen LogP contribution in [0.5, 0.6) is 0 Å². The van der Waals surface area contributed by atoms with Crippen molar-refractivity contribution in [1.29, 1.82) is 0 Å². The summed E-state index contributed by atoms with van der Waals surface area (Å²) >= 11 is 7.56. The molecule has 2 rings (SSSR count). The van der Waals surface area contributed by atoms with Gasteiger partial charge in [0.1, 0.15) is 0 Å². The normalized spacial score (nSPS) is 18.4. The van der Waals surface area contributed by atoms with Crippen LogP contribution in [-0.4, -0.2) is 30.8 Å². The highest BCUT2D eigenvalue weighted by atomic mass is 35.5. The highest BCUT2D eigenvalue weighted by molar-refractivity contribution is 7.08. The van der Waals surface area contributed by atoms with Crippen molar-refractivity contribution in [2.24, 2.45) is 11.8 Å². The molecule has 2 heterocycles. The number of halogens is 1. The van der Waals surface area contributed by atoms with E-state index in [2.05, 4.69) is 5.32 Å². The Bertz CT molecular complexity index is 418. The van der Waals surface area contributed by atoms with E-state index in [1.54, 1.807) is 11.3 Å². The average molecular weight is 304 g/mol. The van der Waals surface area contributed by atoms with Crippen LogP contribution in [0.1, 0.15) is 18.4 Å². The van der Waals surface area contributed by atoms with Crippen LogP contribution in [0, 0.1) is 11.8 Å².